The predicted octanol–water partition coefficient (Wildman–Crippen LogP) is 2.37. The normalized spacial score (nSPS) is 10.3. The highest BCUT2D eigenvalue weighted by atomic mass is 16.5. The number of methoxy groups -OCH3 is 1. The average Bonchev–Trinajstić information content (AvgIpc) is 2.79. The Morgan fingerprint density at radius 1 is 1.24 bits per heavy atom. The number of aromatic nitrogens is 2. The van der Waals surface area contributed by atoms with Crippen LogP contribution in [-0.4, -0.2) is 29.2 Å². The van der Waals surface area contributed by atoms with Crippen molar-refractivity contribution < 1.29 is 14.3 Å². The second-order valence-corrected chi connectivity index (χ2v) is 4.73. The molecular formula is C15H17N3O3. The number of H-pyrrole nitrogens is 1. The first-order chi connectivity index (χ1) is 9.95. The highest BCUT2D eigenvalue weighted by molar-refractivity contribution is 6.07. The molecule has 0 aliphatic rings. The van der Waals surface area contributed by atoms with Gasteiger partial charge in [0, 0.05) is 11.4 Å². The van der Waals surface area contributed by atoms with Gasteiger partial charge < -0.3 is 10.1 Å². The number of nitrogens with one attached hydrogen (secondary N) is 2. The second kappa shape index (κ2) is 5.78. The lowest BCUT2D eigenvalue weighted by molar-refractivity contribution is 0.0599. The first-order valence-corrected chi connectivity index (χ1v) is 6.46. The molecule has 0 saturated heterocycles. The lowest BCUT2D eigenvalue weighted by Gasteiger charge is -2.11. The van der Waals surface area contributed by atoms with E-state index in [4.69, 9.17) is 4.74 Å². The smallest absolute Gasteiger partial charge is 0.338 e. The summed E-state index contributed by atoms with van der Waals surface area (Å²) in [4.78, 5) is 24.0. The maximum Gasteiger partial charge on any atom is 0.338 e. The molecule has 0 aliphatic carbocycles. The number of carbonyl (C=O) groups excluding carboxylic acids is 2. The molecule has 1 amide bonds. The fourth-order valence-corrected chi connectivity index (χ4v) is 2.17. The summed E-state index contributed by atoms with van der Waals surface area (Å²) in [5, 5.41) is 9.58. The van der Waals surface area contributed by atoms with E-state index in [2.05, 4.69) is 15.5 Å². The van der Waals surface area contributed by atoms with Crippen molar-refractivity contribution in [2.75, 3.05) is 12.4 Å². The third-order valence-electron chi connectivity index (χ3n) is 3.34. The van der Waals surface area contributed by atoms with Crippen LogP contribution in [-0.2, 0) is 4.74 Å². The minimum absolute atomic E-state index is 0.260. The fourth-order valence-electron chi connectivity index (χ4n) is 2.17. The maximum absolute atomic E-state index is 12.3. The number of rotatable bonds is 3. The summed E-state index contributed by atoms with van der Waals surface area (Å²) in [7, 11) is 1.32. The molecule has 2 N–H and O–H groups in total. The van der Waals surface area contributed by atoms with Crippen LogP contribution in [0.4, 0.5) is 5.69 Å². The molecule has 6 nitrogen and oxygen atoms in total. The molecular weight excluding hydrogens is 270 g/mol. The van der Waals surface area contributed by atoms with Crippen molar-refractivity contribution in [3.63, 3.8) is 0 Å². The van der Waals surface area contributed by atoms with Gasteiger partial charge in [0.15, 0.2) is 0 Å². The Kier molecular flexibility index (Phi) is 4.07. The number of benzene rings is 1. The molecule has 1 aromatic heterocycles. The summed E-state index contributed by atoms with van der Waals surface area (Å²) in [6.45, 7) is 5.31. The number of aromatic amines is 1. The minimum Gasteiger partial charge on any atom is -0.465 e. The highest BCUT2D eigenvalue weighted by Gasteiger charge is 2.18. The van der Waals surface area contributed by atoms with E-state index in [1.54, 1.807) is 39.0 Å². The molecule has 0 radical (unpaired) electrons. The van der Waals surface area contributed by atoms with Gasteiger partial charge in [-0.15, -0.1) is 0 Å². The molecule has 0 aliphatic heterocycles. The SMILES string of the molecule is COC(=O)c1cccc(NC(=O)c2c(C)n[nH]c2C)c1C. The lowest BCUT2D eigenvalue weighted by atomic mass is 10.1. The van der Waals surface area contributed by atoms with Gasteiger partial charge in [-0.05, 0) is 38.5 Å². The predicted molar refractivity (Wildman–Crippen MR) is 78.5 cm³/mol. The summed E-state index contributed by atoms with van der Waals surface area (Å²) in [5.41, 5.74) is 3.51. The fraction of sp³-hybridized carbons (Fsp3) is 0.267. The molecule has 6 heteroatoms. The zero-order valence-electron chi connectivity index (χ0n) is 12.4. The first kappa shape index (κ1) is 14.8. The number of aryl methyl sites for hydroxylation is 2. The number of anilines is 1. The van der Waals surface area contributed by atoms with Crippen molar-refractivity contribution in [1.82, 2.24) is 10.2 Å². The van der Waals surface area contributed by atoms with Crippen molar-refractivity contribution in [2.45, 2.75) is 20.8 Å². The van der Waals surface area contributed by atoms with Crippen LogP contribution >= 0.6 is 0 Å². The number of esters is 1. The van der Waals surface area contributed by atoms with Crippen molar-refractivity contribution in [1.29, 1.82) is 0 Å². The summed E-state index contributed by atoms with van der Waals surface area (Å²) < 4.78 is 4.72. The van der Waals surface area contributed by atoms with Crippen LogP contribution in [0.3, 0.4) is 0 Å². The Bertz CT molecular complexity index is 685. The Morgan fingerprint density at radius 3 is 2.52 bits per heavy atom. The van der Waals surface area contributed by atoms with Crippen molar-refractivity contribution >= 4 is 17.6 Å². The zero-order valence-corrected chi connectivity index (χ0v) is 12.4. The van der Waals surface area contributed by atoms with Crippen LogP contribution in [0, 0.1) is 20.8 Å². The lowest BCUT2D eigenvalue weighted by Crippen LogP contribution is -2.15. The van der Waals surface area contributed by atoms with Gasteiger partial charge in [0.2, 0.25) is 0 Å². The van der Waals surface area contributed by atoms with Crippen LogP contribution in [0.25, 0.3) is 0 Å². The highest BCUT2D eigenvalue weighted by Crippen LogP contribution is 2.21. The number of hydrogen-bond donors (Lipinski definition) is 2. The van der Waals surface area contributed by atoms with E-state index in [1.807, 2.05) is 0 Å². The second-order valence-electron chi connectivity index (χ2n) is 4.73. The Balaban J connectivity index is 2.32. The zero-order chi connectivity index (χ0) is 15.6. The van der Waals surface area contributed by atoms with Crippen molar-refractivity contribution in [3.05, 3.63) is 46.3 Å². The summed E-state index contributed by atoms with van der Waals surface area (Å²) in [6.07, 6.45) is 0. The minimum atomic E-state index is -0.431. The third kappa shape index (κ3) is 2.79. The molecule has 0 saturated carbocycles. The van der Waals surface area contributed by atoms with E-state index in [9.17, 15) is 9.59 Å². The van der Waals surface area contributed by atoms with Gasteiger partial charge in [0.05, 0.1) is 23.9 Å². The number of nitrogens with zero attached hydrogens (tertiary/aromatic N) is 1. The van der Waals surface area contributed by atoms with Crippen molar-refractivity contribution in [2.24, 2.45) is 0 Å². The summed E-state index contributed by atoms with van der Waals surface area (Å²) >= 11 is 0. The van der Waals surface area contributed by atoms with Crippen LogP contribution in [0.5, 0.6) is 0 Å². The maximum atomic E-state index is 12.3. The number of amides is 1. The van der Waals surface area contributed by atoms with Crippen LogP contribution in [0.15, 0.2) is 18.2 Å². The number of ether oxygens (including phenoxy) is 1. The molecule has 1 aromatic carbocycles. The number of carbonyl (C=O) groups is 2. The Labute approximate surface area is 122 Å². The van der Waals surface area contributed by atoms with Crippen LogP contribution in [0.1, 0.15) is 37.7 Å². The summed E-state index contributed by atoms with van der Waals surface area (Å²) in [6, 6.07) is 5.10. The van der Waals surface area contributed by atoms with E-state index >= 15 is 0 Å². The molecule has 2 aromatic rings. The van der Waals surface area contributed by atoms with E-state index in [0.29, 0.717) is 33.8 Å². The monoisotopic (exact) mass is 287 g/mol. The van der Waals surface area contributed by atoms with E-state index in [1.165, 1.54) is 7.11 Å². The quantitative estimate of drug-likeness (QED) is 0.849. The molecule has 0 fully saturated rings. The molecule has 0 spiro atoms. The molecule has 0 atom stereocenters. The Morgan fingerprint density at radius 2 is 1.95 bits per heavy atom. The molecule has 1 heterocycles. The largest absolute Gasteiger partial charge is 0.465 e. The van der Waals surface area contributed by atoms with Gasteiger partial charge in [0.1, 0.15) is 0 Å². The first-order valence-electron chi connectivity index (χ1n) is 6.46. The Hall–Kier alpha value is -2.63. The van der Waals surface area contributed by atoms with Crippen LogP contribution in [0.2, 0.25) is 0 Å². The summed E-state index contributed by atoms with van der Waals surface area (Å²) in [5.74, 6) is -0.692. The molecule has 0 bridgehead atoms. The number of hydrogen-bond acceptors (Lipinski definition) is 4. The average molecular weight is 287 g/mol. The van der Waals surface area contributed by atoms with E-state index < -0.39 is 5.97 Å². The molecule has 2 rings (SSSR count). The van der Waals surface area contributed by atoms with Crippen molar-refractivity contribution in [3.8, 4) is 0 Å². The molecule has 110 valence electrons. The van der Waals surface area contributed by atoms with Gasteiger partial charge in [-0.3, -0.25) is 9.89 Å². The van der Waals surface area contributed by atoms with Gasteiger partial charge in [0.25, 0.3) is 5.91 Å². The van der Waals surface area contributed by atoms with Crippen LogP contribution < -0.4 is 5.32 Å². The topological polar surface area (TPSA) is 84.1 Å². The molecule has 0 unspecified atom stereocenters. The standard InChI is InChI=1S/C15H17N3O3/c1-8-11(15(20)21-4)6-5-7-12(8)16-14(19)13-9(2)17-18-10(13)3/h5-7H,1-4H3,(H,16,19)(H,17,18). The van der Waals surface area contributed by atoms with Gasteiger partial charge >= 0.3 is 5.97 Å². The molecule has 21 heavy (non-hydrogen) atoms. The third-order valence-corrected chi connectivity index (χ3v) is 3.34. The van der Waals surface area contributed by atoms with E-state index in [0.717, 1.165) is 0 Å². The van der Waals surface area contributed by atoms with Gasteiger partial charge in [-0.1, -0.05) is 6.07 Å². The van der Waals surface area contributed by atoms with Gasteiger partial charge in [-0.25, -0.2) is 4.79 Å². The van der Waals surface area contributed by atoms with E-state index in [-0.39, 0.29) is 5.91 Å². The van der Waals surface area contributed by atoms with Gasteiger partial charge in [-0.2, -0.15) is 5.10 Å².